The van der Waals surface area contributed by atoms with E-state index < -0.39 is 40.8 Å². The van der Waals surface area contributed by atoms with Gasteiger partial charge in [0, 0.05) is 23.7 Å². The quantitative estimate of drug-likeness (QED) is 0.299. The highest BCUT2D eigenvalue weighted by Gasteiger charge is 2.37. The number of rotatable bonds is 5. The van der Waals surface area contributed by atoms with E-state index in [1.165, 1.54) is 12.5 Å². The minimum absolute atomic E-state index is 0.00561. The molecule has 4 nitrogen and oxygen atoms in total. The standard InChI is InChI=1S/C24H22F6N2O2/c1-4-9-34-22(2,3)13-15-14-32(20-8-6-5-7-19(15)20)21(33)31-18-11-16(23(25,26)27)10-17(12-18)24(28,29)30/h4-12,14H,13H2,1-3H3,(H,31,33)/b9-4-. The summed E-state index contributed by atoms with van der Waals surface area (Å²) < 4.78 is 85.8. The number of allylic oxidation sites excluding steroid dienone is 1. The molecule has 34 heavy (non-hydrogen) atoms. The van der Waals surface area contributed by atoms with Crippen molar-refractivity contribution in [3.8, 4) is 0 Å². The summed E-state index contributed by atoms with van der Waals surface area (Å²) in [5, 5.41) is 2.87. The van der Waals surface area contributed by atoms with Gasteiger partial charge in [0.2, 0.25) is 0 Å². The van der Waals surface area contributed by atoms with Crippen molar-refractivity contribution in [2.75, 3.05) is 5.32 Å². The average molecular weight is 484 g/mol. The third kappa shape index (κ3) is 5.73. The van der Waals surface area contributed by atoms with Crippen LogP contribution in [0.15, 0.2) is 61.0 Å². The molecule has 1 N–H and O–H groups in total. The van der Waals surface area contributed by atoms with E-state index in [1.807, 2.05) is 13.8 Å². The molecule has 0 fully saturated rings. The van der Waals surface area contributed by atoms with Crippen LogP contribution in [-0.4, -0.2) is 16.2 Å². The number of benzene rings is 2. The number of ether oxygens (including phenoxy) is 1. The molecular formula is C24H22F6N2O2. The van der Waals surface area contributed by atoms with E-state index >= 15 is 0 Å². The van der Waals surface area contributed by atoms with E-state index in [0.717, 1.165) is 10.1 Å². The van der Waals surface area contributed by atoms with Crippen molar-refractivity contribution in [3.63, 3.8) is 0 Å². The van der Waals surface area contributed by atoms with E-state index in [2.05, 4.69) is 5.32 Å². The van der Waals surface area contributed by atoms with Gasteiger partial charge in [-0.1, -0.05) is 24.3 Å². The Morgan fingerprint density at radius 3 is 2.15 bits per heavy atom. The second-order valence-electron chi connectivity index (χ2n) is 8.29. The minimum atomic E-state index is -5.02. The maximum absolute atomic E-state index is 13.2. The first-order chi connectivity index (χ1) is 15.7. The Balaban J connectivity index is 2.00. The molecule has 0 atom stereocenters. The van der Waals surface area contributed by atoms with Crippen LogP contribution in [0.4, 0.5) is 36.8 Å². The Hall–Kier alpha value is -3.43. The number of carbonyl (C=O) groups excluding carboxylic acids is 1. The second kappa shape index (κ2) is 9.08. The molecule has 0 radical (unpaired) electrons. The molecule has 0 saturated carbocycles. The largest absolute Gasteiger partial charge is 0.495 e. The van der Waals surface area contributed by atoms with Crippen LogP contribution in [-0.2, 0) is 23.5 Å². The van der Waals surface area contributed by atoms with E-state index in [-0.39, 0.29) is 6.07 Å². The Kier molecular flexibility index (Phi) is 6.73. The number of alkyl halides is 6. The van der Waals surface area contributed by atoms with Gasteiger partial charge in [0.1, 0.15) is 5.60 Å². The van der Waals surface area contributed by atoms with Crippen LogP contribution in [0.1, 0.15) is 37.5 Å². The summed E-state index contributed by atoms with van der Waals surface area (Å²) in [4.78, 5) is 12.9. The zero-order valence-corrected chi connectivity index (χ0v) is 18.5. The lowest BCUT2D eigenvalue weighted by molar-refractivity contribution is -0.143. The van der Waals surface area contributed by atoms with Crippen molar-refractivity contribution in [2.24, 2.45) is 0 Å². The van der Waals surface area contributed by atoms with Gasteiger partial charge in [0.05, 0.1) is 22.9 Å². The molecule has 2 aromatic carbocycles. The Morgan fingerprint density at radius 1 is 1.00 bits per heavy atom. The lowest BCUT2D eigenvalue weighted by Gasteiger charge is -2.24. The van der Waals surface area contributed by atoms with Crippen LogP contribution >= 0.6 is 0 Å². The van der Waals surface area contributed by atoms with Crippen molar-refractivity contribution in [1.82, 2.24) is 4.57 Å². The summed E-state index contributed by atoms with van der Waals surface area (Å²) in [7, 11) is 0. The summed E-state index contributed by atoms with van der Waals surface area (Å²) in [5.74, 6) is 0. The molecule has 0 aliphatic carbocycles. The number of anilines is 1. The number of nitrogens with zero attached hydrogens (tertiary/aromatic N) is 1. The highest BCUT2D eigenvalue weighted by atomic mass is 19.4. The monoisotopic (exact) mass is 484 g/mol. The van der Waals surface area contributed by atoms with Crippen LogP contribution in [0.5, 0.6) is 0 Å². The zero-order chi connectivity index (χ0) is 25.3. The molecule has 1 heterocycles. The summed E-state index contributed by atoms with van der Waals surface area (Å²) >= 11 is 0. The smallest absolute Gasteiger partial charge is 0.416 e. The van der Waals surface area contributed by atoms with Gasteiger partial charge in [-0.2, -0.15) is 26.3 Å². The fraction of sp³-hybridized carbons (Fsp3) is 0.292. The maximum atomic E-state index is 13.2. The summed E-state index contributed by atoms with van der Waals surface area (Å²) in [5.41, 5.74) is -3.12. The predicted molar refractivity (Wildman–Crippen MR) is 116 cm³/mol. The first-order valence-corrected chi connectivity index (χ1v) is 10.2. The normalized spacial score (nSPS) is 13.0. The lowest BCUT2D eigenvalue weighted by atomic mass is 9.98. The number of hydrogen-bond acceptors (Lipinski definition) is 2. The molecule has 3 rings (SSSR count). The molecule has 0 unspecified atom stereocenters. The number of nitrogens with one attached hydrogen (secondary N) is 1. The molecule has 0 spiro atoms. The van der Waals surface area contributed by atoms with Crippen molar-refractivity contribution in [1.29, 1.82) is 0 Å². The van der Waals surface area contributed by atoms with Gasteiger partial charge in [-0.3, -0.25) is 4.57 Å². The second-order valence-corrected chi connectivity index (χ2v) is 8.29. The van der Waals surface area contributed by atoms with Crippen molar-refractivity contribution in [2.45, 2.75) is 45.1 Å². The van der Waals surface area contributed by atoms with Gasteiger partial charge in [-0.05, 0) is 50.6 Å². The van der Waals surface area contributed by atoms with Gasteiger partial charge in [-0.15, -0.1) is 0 Å². The number of carbonyl (C=O) groups is 1. The van der Waals surface area contributed by atoms with Crippen LogP contribution in [0.3, 0.4) is 0 Å². The average Bonchev–Trinajstić information content (AvgIpc) is 3.09. The Labute approximate surface area is 191 Å². The van der Waals surface area contributed by atoms with Gasteiger partial charge < -0.3 is 10.1 Å². The van der Waals surface area contributed by atoms with Crippen LogP contribution < -0.4 is 5.32 Å². The third-order valence-corrected chi connectivity index (χ3v) is 4.99. The zero-order valence-electron chi connectivity index (χ0n) is 18.5. The molecule has 0 aliphatic rings. The van der Waals surface area contributed by atoms with E-state index in [9.17, 15) is 31.1 Å². The fourth-order valence-electron chi connectivity index (χ4n) is 3.52. The van der Waals surface area contributed by atoms with Gasteiger partial charge in [0.15, 0.2) is 0 Å². The summed E-state index contributed by atoms with van der Waals surface area (Å²) in [6.45, 7) is 5.49. The maximum Gasteiger partial charge on any atom is 0.416 e. The number of para-hydroxylation sites is 1. The van der Waals surface area contributed by atoms with E-state index in [4.69, 9.17) is 4.74 Å². The molecule has 3 aromatic rings. The SMILES string of the molecule is C/C=C\OC(C)(C)Cc1cn(C(=O)Nc2cc(C(F)(F)F)cc(C(F)(F)F)c2)c2ccccc12. The van der Waals surface area contributed by atoms with E-state index in [0.29, 0.717) is 29.5 Å². The predicted octanol–water partition coefficient (Wildman–Crippen LogP) is 7.63. The number of hydrogen-bond donors (Lipinski definition) is 1. The molecule has 182 valence electrons. The fourth-order valence-corrected chi connectivity index (χ4v) is 3.52. The minimum Gasteiger partial charge on any atom is -0.495 e. The van der Waals surface area contributed by atoms with Crippen molar-refractivity contribution >= 4 is 22.6 Å². The van der Waals surface area contributed by atoms with Crippen molar-refractivity contribution < 1.29 is 35.9 Å². The van der Waals surface area contributed by atoms with Crippen LogP contribution in [0.2, 0.25) is 0 Å². The topological polar surface area (TPSA) is 43.3 Å². The first-order valence-electron chi connectivity index (χ1n) is 10.2. The van der Waals surface area contributed by atoms with Crippen molar-refractivity contribution in [3.05, 3.63) is 77.7 Å². The van der Waals surface area contributed by atoms with Gasteiger partial charge >= 0.3 is 18.4 Å². The number of fused-ring (bicyclic) bond motifs is 1. The molecule has 0 aliphatic heterocycles. The summed E-state index contributed by atoms with van der Waals surface area (Å²) in [6, 6.07) is 6.87. The lowest BCUT2D eigenvalue weighted by Crippen LogP contribution is -2.25. The van der Waals surface area contributed by atoms with Crippen LogP contribution in [0, 0.1) is 0 Å². The number of aromatic nitrogens is 1. The highest BCUT2D eigenvalue weighted by molar-refractivity contribution is 5.99. The Bertz CT molecular complexity index is 1190. The van der Waals surface area contributed by atoms with E-state index in [1.54, 1.807) is 37.3 Å². The molecule has 0 bridgehead atoms. The number of halogens is 6. The van der Waals surface area contributed by atoms with Gasteiger partial charge in [0.25, 0.3) is 0 Å². The highest BCUT2D eigenvalue weighted by Crippen LogP contribution is 2.37. The van der Waals surface area contributed by atoms with Crippen LogP contribution in [0.25, 0.3) is 10.9 Å². The molecule has 1 aromatic heterocycles. The van der Waals surface area contributed by atoms with Gasteiger partial charge in [-0.25, -0.2) is 4.79 Å². The number of amides is 1. The first kappa shape index (κ1) is 25.2. The summed E-state index contributed by atoms with van der Waals surface area (Å²) in [6.07, 6.45) is -4.89. The molecule has 10 heteroatoms. The Morgan fingerprint density at radius 2 is 1.59 bits per heavy atom. The molecular weight excluding hydrogens is 462 g/mol. The molecule has 0 saturated heterocycles. The third-order valence-electron chi connectivity index (χ3n) is 4.99. The molecule has 1 amide bonds.